The van der Waals surface area contributed by atoms with E-state index in [2.05, 4.69) is 10.6 Å². The average molecular weight is 188 g/mol. The summed E-state index contributed by atoms with van der Waals surface area (Å²) in [6, 6.07) is 0. The molecule has 2 N–H and O–H groups in total. The first-order chi connectivity index (χ1) is 6.20. The molecular formula is C9H20N2O2. The summed E-state index contributed by atoms with van der Waals surface area (Å²) < 4.78 is 5.02. The molecule has 78 valence electrons. The normalized spacial score (nSPS) is 12.5. The van der Waals surface area contributed by atoms with Crippen LogP contribution < -0.4 is 10.6 Å². The molecule has 0 spiro atoms. The molecule has 0 saturated carbocycles. The number of hydrogen-bond acceptors (Lipinski definition) is 3. The Labute approximate surface area is 80.0 Å². The lowest BCUT2D eigenvalue weighted by Gasteiger charge is -2.10. The third-order valence-electron chi connectivity index (χ3n) is 1.69. The van der Waals surface area contributed by atoms with Gasteiger partial charge in [0.05, 0.1) is 12.6 Å². The molecule has 0 saturated heterocycles. The van der Waals surface area contributed by atoms with Gasteiger partial charge in [0, 0.05) is 20.2 Å². The van der Waals surface area contributed by atoms with Gasteiger partial charge in [-0.15, -0.1) is 0 Å². The van der Waals surface area contributed by atoms with E-state index in [1.54, 1.807) is 7.11 Å². The lowest BCUT2D eigenvalue weighted by atomic mass is 10.4. The lowest BCUT2D eigenvalue weighted by molar-refractivity contribution is -0.120. The van der Waals surface area contributed by atoms with Crippen molar-refractivity contribution in [1.82, 2.24) is 10.6 Å². The van der Waals surface area contributed by atoms with Crippen LogP contribution in [0, 0.1) is 0 Å². The minimum absolute atomic E-state index is 0.0464. The van der Waals surface area contributed by atoms with Gasteiger partial charge in [-0.25, -0.2) is 0 Å². The Hall–Kier alpha value is -0.610. The van der Waals surface area contributed by atoms with E-state index >= 15 is 0 Å². The molecule has 0 aliphatic heterocycles. The highest BCUT2D eigenvalue weighted by Crippen LogP contribution is 1.82. The Kier molecular flexibility index (Phi) is 7.63. The minimum atomic E-state index is 0.0464. The standard InChI is InChI=1S/C9H20N2O2/c1-4-5-11-9(12)7-10-6-8(2)13-3/h8,10H,4-7H2,1-3H3,(H,11,12). The maximum absolute atomic E-state index is 11.1. The summed E-state index contributed by atoms with van der Waals surface area (Å²) in [6.07, 6.45) is 1.12. The number of methoxy groups -OCH3 is 1. The fourth-order valence-corrected chi connectivity index (χ4v) is 0.799. The third kappa shape index (κ3) is 7.74. The number of hydrogen-bond donors (Lipinski definition) is 2. The summed E-state index contributed by atoms with van der Waals surface area (Å²) in [7, 11) is 1.66. The molecule has 0 aliphatic carbocycles. The average Bonchev–Trinajstić information content (AvgIpc) is 2.14. The molecule has 4 heteroatoms. The predicted molar refractivity (Wildman–Crippen MR) is 52.6 cm³/mol. The molecule has 1 unspecified atom stereocenters. The van der Waals surface area contributed by atoms with Gasteiger partial charge in [0.1, 0.15) is 0 Å². The molecule has 0 aromatic heterocycles. The van der Waals surface area contributed by atoms with Crippen LogP contribution in [0.1, 0.15) is 20.3 Å². The van der Waals surface area contributed by atoms with Crippen molar-refractivity contribution in [2.75, 3.05) is 26.7 Å². The van der Waals surface area contributed by atoms with Crippen molar-refractivity contribution >= 4 is 5.91 Å². The Morgan fingerprint density at radius 2 is 2.23 bits per heavy atom. The summed E-state index contributed by atoms with van der Waals surface area (Å²) in [5.74, 6) is 0.0464. The topological polar surface area (TPSA) is 50.4 Å². The maximum atomic E-state index is 11.1. The first-order valence-electron chi connectivity index (χ1n) is 4.70. The predicted octanol–water partition coefficient (Wildman–Crippen LogP) is 0.137. The van der Waals surface area contributed by atoms with E-state index in [1.165, 1.54) is 0 Å². The van der Waals surface area contributed by atoms with Gasteiger partial charge in [0.15, 0.2) is 0 Å². The van der Waals surface area contributed by atoms with Crippen LogP contribution >= 0.6 is 0 Å². The Bertz CT molecular complexity index is 140. The monoisotopic (exact) mass is 188 g/mol. The number of nitrogens with one attached hydrogen (secondary N) is 2. The Morgan fingerprint density at radius 3 is 2.77 bits per heavy atom. The summed E-state index contributed by atoms with van der Waals surface area (Å²) in [6.45, 7) is 5.81. The highest BCUT2D eigenvalue weighted by Gasteiger charge is 2.01. The molecule has 0 radical (unpaired) electrons. The first kappa shape index (κ1) is 12.4. The van der Waals surface area contributed by atoms with Crippen LogP contribution in [-0.4, -0.2) is 38.8 Å². The highest BCUT2D eigenvalue weighted by molar-refractivity contribution is 5.77. The van der Waals surface area contributed by atoms with Crippen molar-refractivity contribution in [1.29, 1.82) is 0 Å². The second kappa shape index (κ2) is 8.01. The molecule has 1 amide bonds. The van der Waals surface area contributed by atoms with Crippen LogP contribution in [0.25, 0.3) is 0 Å². The van der Waals surface area contributed by atoms with Crippen LogP contribution in [0.4, 0.5) is 0 Å². The largest absolute Gasteiger partial charge is 0.380 e. The van der Waals surface area contributed by atoms with Gasteiger partial charge in [-0.3, -0.25) is 4.79 Å². The summed E-state index contributed by atoms with van der Waals surface area (Å²) in [4.78, 5) is 11.1. The number of rotatable bonds is 7. The number of carbonyl (C=O) groups is 1. The van der Waals surface area contributed by atoms with E-state index < -0.39 is 0 Å². The van der Waals surface area contributed by atoms with E-state index in [0.29, 0.717) is 13.1 Å². The lowest BCUT2D eigenvalue weighted by Crippen LogP contribution is -2.37. The number of ether oxygens (including phenoxy) is 1. The van der Waals surface area contributed by atoms with Crippen LogP contribution in [0.3, 0.4) is 0 Å². The number of carbonyl (C=O) groups excluding carboxylic acids is 1. The van der Waals surface area contributed by atoms with E-state index in [9.17, 15) is 4.79 Å². The zero-order chi connectivity index (χ0) is 10.1. The van der Waals surface area contributed by atoms with E-state index in [0.717, 1.165) is 13.0 Å². The molecule has 0 aromatic carbocycles. The Morgan fingerprint density at radius 1 is 1.54 bits per heavy atom. The first-order valence-corrected chi connectivity index (χ1v) is 4.70. The van der Waals surface area contributed by atoms with E-state index in [-0.39, 0.29) is 12.0 Å². The molecule has 4 nitrogen and oxygen atoms in total. The highest BCUT2D eigenvalue weighted by atomic mass is 16.5. The van der Waals surface area contributed by atoms with Gasteiger partial charge in [-0.1, -0.05) is 6.92 Å². The zero-order valence-electron chi connectivity index (χ0n) is 8.72. The van der Waals surface area contributed by atoms with Crippen molar-refractivity contribution in [2.24, 2.45) is 0 Å². The van der Waals surface area contributed by atoms with Crippen molar-refractivity contribution in [3.8, 4) is 0 Å². The molecule has 0 heterocycles. The van der Waals surface area contributed by atoms with Gasteiger partial charge in [0.2, 0.25) is 5.91 Å². The van der Waals surface area contributed by atoms with E-state index in [1.807, 2.05) is 13.8 Å². The van der Waals surface area contributed by atoms with Crippen LogP contribution in [0.15, 0.2) is 0 Å². The smallest absolute Gasteiger partial charge is 0.233 e. The molecule has 0 fully saturated rings. The van der Waals surface area contributed by atoms with Crippen LogP contribution in [0.2, 0.25) is 0 Å². The molecule has 0 rings (SSSR count). The van der Waals surface area contributed by atoms with Crippen molar-refractivity contribution in [3.63, 3.8) is 0 Å². The Balaban J connectivity index is 3.26. The zero-order valence-corrected chi connectivity index (χ0v) is 8.72. The van der Waals surface area contributed by atoms with Crippen molar-refractivity contribution in [2.45, 2.75) is 26.4 Å². The third-order valence-corrected chi connectivity index (χ3v) is 1.69. The minimum Gasteiger partial charge on any atom is -0.380 e. The second-order valence-electron chi connectivity index (χ2n) is 3.03. The molecular weight excluding hydrogens is 168 g/mol. The molecule has 0 aromatic rings. The SMILES string of the molecule is CCCNC(=O)CNCC(C)OC. The summed E-state index contributed by atoms with van der Waals surface area (Å²) >= 11 is 0. The molecule has 0 aliphatic rings. The fourth-order valence-electron chi connectivity index (χ4n) is 0.799. The van der Waals surface area contributed by atoms with Gasteiger partial charge in [-0.05, 0) is 13.3 Å². The van der Waals surface area contributed by atoms with Crippen molar-refractivity contribution < 1.29 is 9.53 Å². The number of amides is 1. The van der Waals surface area contributed by atoms with Gasteiger partial charge in [0.25, 0.3) is 0 Å². The van der Waals surface area contributed by atoms with Gasteiger partial charge in [-0.2, -0.15) is 0 Å². The molecule has 1 atom stereocenters. The molecule has 13 heavy (non-hydrogen) atoms. The summed E-state index contributed by atoms with van der Waals surface area (Å²) in [5.41, 5.74) is 0. The van der Waals surface area contributed by atoms with Crippen molar-refractivity contribution in [3.05, 3.63) is 0 Å². The van der Waals surface area contributed by atoms with Crippen LogP contribution in [0.5, 0.6) is 0 Å². The van der Waals surface area contributed by atoms with Gasteiger partial charge >= 0.3 is 0 Å². The van der Waals surface area contributed by atoms with E-state index in [4.69, 9.17) is 4.74 Å². The van der Waals surface area contributed by atoms with Crippen LogP contribution in [-0.2, 0) is 9.53 Å². The van der Waals surface area contributed by atoms with Gasteiger partial charge < -0.3 is 15.4 Å². The fraction of sp³-hybridized carbons (Fsp3) is 0.889. The second-order valence-corrected chi connectivity index (χ2v) is 3.03. The quantitative estimate of drug-likeness (QED) is 0.597. The molecule has 0 bridgehead atoms. The maximum Gasteiger partial charge on any atom is 0.233 e. The summed E-state index contributed by atoms with van der Waals surface area (Å²) in [5, 5.41) is 5.79.